The maximum Gasteiger partial charge on any atom is 0.241 e. The second-order valence-electron chi connectivity index (χ2n) is 5.42. The quantitative estimate of drug-likeness (QED) is 0.709. The monoisotopic (exact) mass is 388 g/mol. The van der Waals surface area contributed by atoms with Gasteiger partial charge in [-0.1, -0.05) is 53.0 Å². The van der Waals surface area contributed by atoms with Crippen LogP contribution in [0.25, 0.3) is 0 Å². The first-order chi connectivity index (χ1) is 11.3. The van der Waals surface area contributed by atoms with Gasteiger partial charge in [-0.15, -0.1) is 0 Å². The minimum absolute atomic E-state index is 0.283. The average molecular weight is 390 g/mol. The van der Waals surface area contributed by atoms with Gasteiger partial charge in [-0.2, -0.15) is 0 Å². The van der Waals surface area contributed by atoms with Crippen molar-refractivity contribution in [3.63, 3.8) is 0 Å². The maximum absolute atomic E-state index is 13.7. The molecule has 24 heavy (non-hydrogen) atoms. The van der Waals surface area contributed by atoms with Crippen LogP contribution >= 0.6 is 34.8 Å². The molecule has 1 amide bonds. The second kappa shape index (κ2) is 8.17. The van der Waals surface area contributed by atoms with Gasteiger partial charge < -0.3 is 5.32 Å². The molecule has 3 nitrogen and oxygen atoms in total. The largest absolute Gasteiger partial charge is 0.323 e. The molecule has 0 radical (unpaired) electrons. The van der Waals surface area contributed by atoms with E-state index < -0.39 is 6.04 Å². The SMILES string of the molecule is C[C@H](C(=O)Nc1cc(Cl)c(Cl)cc1Cl)N(C)Cc1ccccc1F. The summed E-state index contributed by atoms with van der Waals surface area (Å²) >= 11 is 17.9. The fourth-order valence-corrected chi connectivity index (χ4v) is 2.68. The molecule has 0 aromatic heterocycles. The molecule has 0 aliphatic carbocycles. The highest BCUT2D eigenvalue weighted by molar-refractivity contribution is 6.44. The van der Waals surface area contributed by atoms with E-state index in [0.29, 0.717) is 32.9 Å². The van der Waals surface area contributed by atoms with Gasteiger partial charge >= 0.3 is 0 Å². The number of amides is 1. The van der Waals surface area contributed by atoms with Crippen molar-refractivity contribution in [3.05, 3.63) is 62.8 Å². The van der Waals surface area contributed by atoms with E-state index in [9.17, 15) is 9.18 Å². The van der Waals surface area contributed by atoms with E-state index in [1.807, 2.05) is 0 Å². The predicted octanol–water partition coefficient (Wildman–Crippen LogP) is 5.24. The number of carbonyl (C=O) groups excluding carboxylic acids is 1. The van der Waals surface area contributed by atoms with E-state index in [1.165, 1.54) is 18.2 Å². The van der Waals surface area contributed by atoms with Crippen molar-refractivity contribution in [1.82, 2.24) is 4.90 Å². The molecule has 0 heterocycles. The second-order valence-corrected chi connectivity index (χ2v) is 6.64. The molecular formula is C17H16Cl3FN2O. The van der Waals surface area contributed by atoms with Gasteiger partial charge in [0.1, 0.15) is 5.82 Å². The van der Waals surface area contributed by atoms with E-state index >= 15 is 0 Å². The van der Waals surface area contributed by atoms with Crippen LogP contribution in [0.15, 0.2) is 36.4 Å². The summed E-state index contributed by atoms with van der Waals surface area (Å²) in [4.78, 5) is 14.1. The van der Waals surface area contributed by atoms with Gasteiger partial charge in [-0.25, -0.2) is 4.39 Å². The lowest BCUT2D eigenvalue weighted by molar-refractivity contribution is -0.120. The third kappa shape index (κ3) is 4.61. The number of nitrogens with zero attached hydrogens (tertiary/aromatic N) is 1. The molecule has 1 atom stereocenters. The van der Waals surface area contributed by atoms with E-state index in [2.05, 4.69) is 5.32 Å². The summed E-state index contributed by atoms with van der Waals surface area (Å²) in [5.41, 5.74) is 0.898. The lowest BCUT2D eigenvalue weighted by atomic mass is 10.1. The van der Waals surface area contributed by atoms with Crippen LogP contribution in [0.5, 0.6) is 0 Å². The minimum atomic E-state index is -0.505. The Labute approximate surface area is 155 Å². The molecule has 0 aliphatic heterocycles. The molecule has 128 valence electrons. The molecule has 0 aliphatic rings. The Morgan fingerprint density at radius 3 is 2.46 bits per heavy atom. The molecule has 2 rings (SSSR count). The van der Waals surface area contributed by atoms with Crippen LogP contribution in [-0.4, -0.2) is 23.9 Å². The highest BCUT2D eigenvalue weighted by Crippen LogP contribution is 2.32. The third-order valence-electron chi connectivity index (χ3n) is 3.69. The van der Waals surface area contributed by atoms with Gasteiger partial charge in [0, 0.05) is 12.1 Å². The topological polar surface area (TPSA) is 32.3 Å². The lowest BCUT2D eigenvalue weighted by Crippen LogP contribution is -2.39. The Morgan fingerprint density at radius 2 is 1.79 bits per heavy atom. The van der Waals surface area contributed by atoms with E-state index in [1.54, 1.807) is 37.1 Å². The van der Waals surface area contributed by atoms with E-state index in [4.69, 9.17) is 34.8 Å². The first kappa shape index (κ1) is 19.0. The van der Waals surface area contributed by atoms with Gasteiger partial charge in [-0.3, -0.25) is 9.69 Å². The number of hydrogen-bond acceptors (Lipinski definition) is 2. The number of likely N-dealkylation sites (N-methyl/N-ethyl adjacent to an activating group) is 1. The normalized spacial score (nSPS) is 12.3. The van der Waals surface area contributed by atoms with E-state index in [0.717, 1.165) is 0 Å². The summed E-state index contributed by atoms with van der Waals surface area (Å²) in [6.45, 7) is 2.03. The molecule has 1 N–H and O–H groups in total. The molecular weight excluding hydrogens is 374 g/mol. The van der Waals surface area contributed by atoms with Crippen LogP contribution in [0, 0.1) is 5.82 Å². The fraction of sp³-hybridized carbons (Fsp3) is 0.235. The summed E-state index contributed by atoms with van der Waals surface area (Å²) < 4.78 is 13.7. The third-order valence-corrected chi connectivity index (χ3v) is 4.72. The lowest BCUT2D eigenvalue weighted by Gasteiger charge is -2.24. The Balaban J connectivity index is 2.06. The van der Waals surface area contributed by atoms with E-state index in [-0.39, 0.29) is 11.7 Å². The van der Waals surface area contributed by atoms with Crippen LogP contribution in [0.4, 0.5) is 10.1 Å². The Bertz CT molecular complexity index is 755. The molecule has 0 spiro atoms. The molecule has 0 fully saturated rings. The predicted molar refractivity (Wildman–Crippen MR) is 97.4 cm³/mol. The van der Waals surface area contributed by atoms with Gasteiger partial charge in [0.2, 0.25) is 5.91 Å². The standard InChI is InChI=1S/C17H16Cl3FN2O/c1-10(23(2)9-11-5-3-4-6-15(11)21)17(24)22-16-8-13(19)12(18)7-14(16)20/h3-8,10H,9H2,1-2H3,(H,22,24)/t10-/m1/s1. The zero-order valence-corrected chi connectivity index (χ0v) is 15.4. The summed E-state index contributed by atoms with van der Waals surface area (Å²) in [5.74, 6) is -0.585. The van der Waals surface area contributed by atoms with Crippen molar-refractivity contribution in [1.29, 1.82) is 0 Å². The van der Waals surface area contributed by atoms with Gasteiger partial charge in [0.15, 0.2) is 0 Å². The highest BCUT2D eigenvalue weighted by Gasteiger charge is 2.20. The van der Waals surface area contributed by atoms with Crippen LogP contribution in [0.1, 0.15) is 12.5 Å². The molecule has 2 aromatic rings. The van der Waals surface area contributed by atoms with Crippen molar-refractivity contribution in [2.45, 2.75) is 19.5 Å². The molecule has 0 unspecified atom stereocenters. The van der Waals surface area contributed by atoms with Gasteiger partial charge in [-0.05, 0) is 32.2 Å². The number of benzene rings is 2. The van der Waals surface area contributed by atoms with Crippen molar-refractivity contribution >= 4 is 46.4 Å². The number of hydrogen-bond donors (Lipinski definition) is 1. The Hall–Kier alpha value is -1.33. The number of nitrogens with one attached hydrogen (secondary N) is 1. The summed E-state index contributed by atoms with van der Waals surface area (Å²) in [7, 11) is 1.74. The zero-order chi connectivity index (χ0) is 17.9. The van der Waals surface area contributed by atoms with Gasteiger partial charge in [0.05, 0.1) is 26.8 Å². The van der Waals surface area contributed by atoms with Crippen LogP contribution in [-0.2, 0) is 11.3 Å². The van der Waals surface area contributed by atoms with Crippen LogP contribution in [0.3, 0.4) is 0 Å². The van der Waals surface area contributed by atoms with Crippen molar-refractivity contribution in [2.24, 2.45) is 0 Å². The molecule has 2 aromatic carbocycles. The molecule has 7 heteroatoms. The zero-order valence-electron chi connectivity index (χ0n) is 13.1. The number of rotatable bonds is 5. The molecule has 0 saturated heterocycles. The fourth-order valence-electron chi connectivity index (χ4n) is 2.09. The number of anilines is 1. The van der Waals surface area contributed by atoms with Crippen molar-refractivity contribution < 1.29 is 9.18 Å². The summed E-state index contributed by atoms with van der Waals surface area (Å²) in [6, 6.07) is 8.92. The molecule has 0 saturated carbocycles. The van der Waals surface area contributed by atoms with Crippen molar-refractivity contribution in [2.75, 3.05) is 12.4 Å². The molecule has 0 bridgehead atoms. The first-order valence-electron chi connectivity index (χ1n) is 7.18. The Morgan fingerprint density at radius 1 is 1.17 bits per heavy atom. The number of halogens is 4. The summed E-state index contributed by atoms with van der Waals surface area (Å²) in [6.07, 6.45) is 0. The van der Waals surface area contributed by atoms with Crippen LogP contribution in [0.2, 0.25) is 15.1 Å². The van der Waals surface area contributed by atoms with Crippen molar-refractivity contribution in [3.8, 4) is 0 Å². The van der Waals surface area contributed by atoms with Crippen LogP contribution < -0.4 is 5.32 Å². The Kier molecular flexibility index (Phi) is 6.47. The average Bonchev–Trinajstić information content (AvgIpc) is 2.53. The first-order valence-corrected chi connectivity index (χ1v) is 8.32. The number of carbonyl (C=O) groups is 1. The smallest absolute Gasteiger partial charge is 0.241 e. The van der Waals surface area contributed by atoms with Gasteiger partial charge in [0.25, 0.3) is 0 Å². The summed E-state index contributed by atoms with van der Waals surface area (Å²) in [5, 5.41) is 3.61. The maximum atomic E-state index is 13.7. The highest BCUT2D eigenvalue weighted by atomic mass is 35.5. The minimum Gasteiger partial charge on any atom is -0.323 e.